The van der Waals surface area contributed by atoms with Crippen LogP contribution in [0.5, 0.6) is 0 Å². The van der Waals surface area contributed by atoms with Crippen LogP contribution in [0.2, 0.25) is 0 Å². The lowest BCUT2D eigenvalue weighted by Gasteiger charge is -2.09. The average Bonchev–Trinajstić information content (AvgIpc) is 2.72. The molecule has 0 saturated heterocycles. The maximum atomic E-state index is 4.98. The predicted octanol–water partition coefficient (Wildman–Crippen LogP) is 2.27. The van der Waals surface area contributed by atoms with E-state index in [-0.39, 0.29) is 0 Å². The van der Waals surface area contributed by atoms with E-state index < -0.39 is 0 Å². The Bertz CT molecular complexity index is 283. The first-order valence-electron chi connectivity index (χ1n) is 6.10. The molecule has 0 aliphatic rings. The molecule has 1 N–H and O–H groups in total. The topological polar surface area (TPSA) is 26.2 Å². The van der Waals surface area contributed by atoms with Gasteiger partial charge in [-0.3, -0.25) is 0 Å². The zero-order valence-electron chi connectivity index (χ0n) is 10.7. The molecule has 16 heavy (non-hydrogen) atoms. The van der Waals surface area contributed by atoms with Crippen molar-refractivity contribution in [1.29, 1.82) is 0 Å². The highest BCUT2D eigenvalue weighted by molar-refractivity contribution is 5.09. The molecule has 0 radical (unpaired) electrons. The standard InChI is InChI=1S/C13H24N2O/c1-4-12(2)10-15-7-5-13(11-15)9-14-6-8-16-3/h5,7,11-12,14H,4,6,8-10H2,1-3H3. The van der Waals surface area contributed by atoms with Crippen molar-refractivity contribution < 1.29 is 4.74 Å². The molecule has 3 nitrogen and oxygen atoms in total. The van der Waals surface area contributed by atoms with E-state index in [1.807, 2.05) is 0 Å². The van der Waals surface area contributed by atoms with Crippen LogP contribution in [0.15, 0.2) is 18.5 Å². The fraction of sp³-hybridized carbons (Fsp3) is 0.692. The molecule has 1 heterocycles. The van der Waals surface area contributed by atoms with E-state index in [1.54, 1.807) is 7.11 Å². The Morgan fingerprint density at radius 2 is 2.31 bits per heavy atom. The van der Waals surface area contributed by atoms with Gasteiger partial charge in [-0.2, -0.15) is 0 Å². The van der Waals surface area contributed by atoms with E-state index in [4.69, 9.17) is 4.74 Å². The van der Waals surface area contributed by atoms with Crippen molar-refractivity contribution >= 4 is 0 Å². The fourth-order valence-electron chi connectivity index (χ4n) is 1.60. The number of aromatic nitrogens is 1. The lowest BCUT2D eigenvalue weighted by atomic mass is 10.1. The molecule has 92 valence electrons. The van der Waals surface area contributed by atoms with Crippen LogP contribution in [-0.4, -0.2) is 24.8 Å². The number of methoxy groups -OCH3 is 1. The minimum atomic E-state index is 0.752. The van der Waals surface area contributed by atoms with Gasteiger partial charge in [0.15, 0.2) is 0 Å². The van der Waals surface area contributed by atoms with Crippen LogP contribution < -0.4 is 5.32 Å². The van der Waals surface area contributed by atoms with Gasteiger partial charge in [-0.05, 0) is 17.5 Å². The van der Waals surface area contributed by atoms with Crippen molar-refractivity contribution in [2.75, 3.05) is 20.3 Å². The Labute approximate surface area is 98.8 Å². The van der Waals surface area contributed by atoms with Crippen LogP contribution >= 0.6 is 0 Å². The molecule has 0 amide bonds. The summed E-state index contributed by atoms with van der Waals surface area (Å²) < 4.78 is 7.26. The molecule has 0 saturated carbocycles. The van der Waals surface area contributed by atoms with Gasteiger partial charge in [-0.25, -0.2) is 0 Å². The third kappa shape index (κ3) is 4.81. The minimum Gasteiger partial charge on any atom is -0.383 e. The summed E-state index contributed by atoms with van der Waals surface area (Å²) in [5, 5.41) is 3.34. The average molecular weight is 224 g/mol. The Hall–Kier alpha value is -0.800. The van der Waals surface area contributed by atoms with Crippen LogP contribution in [0.25, 0.3) is 0 Å². The van der Waals surface area contributed by atoms with Crippen molar-refractivity contribution in [1.82, 2.24) is 9.88 Å². The van der Waals surface area contributed by atoms with E-state index in [0.717, 1.165) is 32.2 Å². The Morgan fingerprint density at radius 3 is 3.00 bits per heavy atom. The summed E-state index contributed by atoms with van der Waals surface area (Å²) in [6, 6.07) is 2.18. The van der Waals surface area contributed by atoms with Gasteiger partial charge in [0.05, 0.1) is 6.61 Å². The zero-order chi connectivity index (χ0) is 11.8. The Kier molecular flexibility index (Phi) is 6.19. The second-order valence-electron chi connectivity index (χ2n) is 4.40. The molecule has 0 spiro atoms. The summed E-state index contributed by atoms with van der Waals surface area (Å²) >= 11 is 0. The van der Waals surface area contributed by atoms with Crippen molar-refractivity contribution in [3.8, 4) is 0 Å². The Balaban J connectivity index is 2.28. The summed E-state index contributed by atoms with van der Waals surface area (Å²) in [7, 11) is 1.73. The molecule has 0 aliphatic heterocycles. The van der Waals surface area contributed by atoms with Gasteiger partial charge >= 0.3 is 0 Å². The smallest absolute Gasteiger partial charge is 0.0587 e. The Morgan fingerprint density at radius 1 is 1.50 bits per heavy atom. The first-order valence-corrected chi connectivity index (χ1v) is 6.10. The zero-order valence-corrected chi connectivity index (χ0v) is 10.7. The highest BCUT2D eigenvalue weighted by Crippen LogP contribution is 2.07. The summed E-state index contributed by atoms with van der Waals surface area (Å²) in [4.78, 5) is 0. The van der Waals surface area contributed by atoms with Crippen molar-refractivity contribution in [2.24, 2.45) is 5.92 Å². The number of nitrogens with one attached hydrogen (secondary N) is 1. The fourth-order valence-corrected chi connectivity index (χ4v) is 1.60. The molecule has 1 aromatic rings. The second-order valence-corrected chi connectivity index (χ2v) is 4.40. The van der Waals surface area contributed by atoms with Crippen molar-refractivity contribution in [2.45, 2.75) is 33.4 Å². The normalized spacial score (nSPS) is 12.9. The van der Waals surface area contributed by atoms with E-state index in [2.05, 4.69) is 42.2 Å². The molecular weight excluding hydrogens is 200 g/mol. The first-order chi connectivity index (χ1) is 7.76. The SMILES string of the molecule is CCC(C)Cn1ccc(CNCCOC)c1. The van der Waals surface area contributed by atoms with Crippen LogP contribution in [-0.2, 0) is 17.8 Å². The third-order valence-corrected chi connectivity index (χ3v) is 2.84. The van der Waals surface area contributed by atoms with Crippen LogP contribution in [0.4, 0.5) is 0 Å². The largest absolute Gasteiger partial charge is 0.383 e. The van der Waals surface area contributed by atoms with Crippen molar-refractivity contribution in [3.63, 3.8) is 0 Å². The molecule has 0 bridgehead atoms. The molecule has 0 fully saturated rings. The maximum Gasteiger partial charge on any atom is 0.0587 e. The molecule has 3 heteroatoms. The summed E-state index contributed by atoms with van der Waals surface area (Å²) in [5.41, 5.74) is 1.35. The van der Waals surface area contributed by atoms with Gasteiger partial charge in [0, 0.05) is 39.1 Å². The van der Waals surface area contributed by atoms with Crippen molar-refractivity contribution in [3.05, 3.63) is 24.0 Å². The van der Waals surface area contributed by atoms with Gasteiger partial charge in [-0.1, -0.05) is 20.3 Å². The molecule has 1 atom stereocenters. The quantitative estimate of drug-likeness (QED) is 0.686. The third-order valence-electron chi connectivity index (χ3n) is 2.84. The molecule has 1 unspecified atom stereocenters. The first kappa shape index (κ1) is 13.3. The lowest BCUT2D eigenvalue weighted by Crippen LogP contribution is -2.18. The minimum absolute atomic E-state index is 0.752. The number of ether oxygens (including phenoxy) is 1. The lowest BCUT2D eigenvalue weighted by molar-refractivity contribution is 0.199. The van der Waals surface area contributed by atoms with E-state index in [1.165, 1.54) is 12.0 Å². The van der Waals surface area contributed by atoms with Gasteiger partial charge in [0.1, 0.15) is 0 Å². The number of nitrogens with zero attached hydrogens (tertiary/aromatic N) is 1. The van der Waals surface area contributed by atoms with Crippen LogP contribution in [0.3, 0.4) is 0 Å². The molecule has 1 rings (SSSR count). The van der Waals surface area contributed by atoms with Crippen LogP contribution in [0.1, 0.15) is 25.8 Å². The van der Waals surface area contributed by atoms with Gasteiger partial charge in [0.2, 0.25) is 0 Å². The monoisotopic (exact) mass is 224 g/mol. The summed E-state index contributed by atoms with van der Waals surface area (Å²) in [6.07, 6.45) is 5.63. The highest BCUT2D eigenvalue weighted by atomic mass is 16.5. The molecule has 0 aliphatic carbocycles. The van der Waals surface area contributed by atoms with Gasteiger partial charge in [-0.15, -0.1) is 0 Å². The van der Waals surface area contributed by atoms with E-state index >= 15 is 0 Å². The van der Waals surface area contributed by atoms with E-state index in [9.17, 15) is 0 Å². The van der Waals surface area contributed by atoms with Crippen LogP contribution in [0, 0.1) is 5.92 Å². The highest BCUT2D eigenvalue weighted by Gasteiger charge is 2.01. The summed E-state index contributed by atoms with van der Waals surface area (Å²) in [5.74, 6) is 0.752. The van der Waals surface area contributed by atoms with Gasteiger partial charge in [0.25, 0.3) is 0 Å². The molecular formula is C13H24N2O. The predicted molar refractivity (Wildman–Crippen MR) is 67.5 cm³/mol. The second kappa shape index (κ2) is 7.47. The number of hydrogen-bond donors (Lipinski definition) is 1. The number of rotatable bonds is 8. The molecule has 0 aromatic carbocycles. The van der Waals surface area contributed by atoms with Gasteiger partial charge < -0.3 is 14.6 Å². The molecule has 1 aromatic heterocycles. The number of hydrogen-bond acceptors (Lipinski definition) is 2. The summed E-state index contributed by atoms with van der Waals surface area (Å²) in [6.45, 7) is 8.25. The maximum absolute atomic E-state index is 4.98. The van der Waals surface area contributed by atoms with E-state index in [0.29, 0.717) is 0 Å².